The molecule has 0 atom stereocenters. The van der Waals surface area contributed by atoms with E-state index in [2.05, 4.69) is 4.98 Å². The predicted octanol–water partition coefficient (Wildman–Crippen LogP) is 4.29. The van der Waals surface area contributed by atoms with Crippen LogP contribution in [-0.4, -0.2) is 57.8 Å². The summed E-state index contributed by atoms with van der Waals surface area (Å²) in [5, 5.41) is 0. The Balaban J connectivity index is 1.49. The molecule has 0 unspecified atom stereocenters. The van der Waals surface area contributed by atoms with E-state index < -0.39 is 17.4 Å². The minimum Gasteiger partial charge on any atom is -0.339 e. The summed E-state index contributed by atoms with van der Waals surface area (Å²) < 4.78 is 37.6. The van der Waals surface area contributed by atoms with E-state index in [0.29, 0.717) is 24.2 Å². The fraction of sp³-hybridized carbons (Fsp3) is 0.364. The smallest absolute Gasteiger partial charge is 0.339 e. The maximum absolute atomic E-state index is 13.0. The summed E-state index contributed by atoms with van der Waals surface area (Å²) in [5.74, 6) is -0.639. The number of benzene rings is 1. The molecule has 2 aliphatic rings. The molecule has 4 rings (SSSR count). The molecule has 2 saturated heterocycles. The van der Waals surface area contributed by atoms with E-state index in [-0.39, 0.29) is 41.3 Å². The molecule has 2 fully saturated rings. The number of imide groups is 1. The minimum absolute atomic E-state index is 0.0418. The first-order valence-corrected chi connectivity index (χ1v) is 11.2. The molecule has 4 amide bonds. The van der Waals surface area contributed by atoms with E-state index in [1.165, 1.54) is 41.6 Å². The Bertz CT molecular complexity index is 1060. The standard InChI is InChI=1S/C22H21F3N4O3S/c23-22(24,25)33-17-6-4-16(5-7-17)29-19(30)14-28(21(29)32)13-15-8-9-26-12-18(15)20(31)27-10-2-1-3-11-27/h4-9,12H,1-3,10-11,13-14H2. The Morgan fingerprint density at radius 1 is 1.03 bits per heavy atom. The highest BCUT2D eigenvalue weighted by atomic mass is 32.2. The van der Waals surface area contributed by atoms with Crippen molar-refractivity contribution in [2.24, 2.45) is 0 Å². The Morgan fingerprint density at radius 3 is 2.39 bits per heavy atom. The van der Waals surface area contributed by atoms with Crippen LogP contribution in [0, 0.1) is 0 Å². The minimum atomic E-state index is -4.43. The molecule has 11 heteroatoms. The summed E-state index contributed by atoms with van der Waals surface area (Å²) in [4.78, 5) is 46.5. The van der Waals surface area contributed by atoms with E-state index in [0.717, 1.165) is 24.2 Å². The van der Waals surface area contributed by atoms with Crippen molar-refractivity contribution in [3.63, 3.8) is 0 Å². The molecule has 0 spiro atoms. The van der Waals surface area contributed by atoms with Gasteiger partial charge < -0.3 is 9.80 Å². The number of aromatic nitrogens is 1. The number of alkyl halides is 3. The predicted molar refractivity (Wildman–Crippen MR) is 116 cm³/mol. The van der Waals surface area contributed by atoms with Crippen LogP contribution in [0.5, 0.6) is 0 Å². The zero-order chi connectivity index (χ0) is 23.6. The molecule has 0 radical (unpaired) electrons. The molecule has 2 aliphatic heterocycles. The Labute approximate surface area is 192 Å². The number of anilines is 1. The largest absolute Gasteiger partial charge is 0.446 e. The normalized spacial score (nSPS) is 17.1. The average Bonchev–Trinajstić information content (AvgIpc) is 3.06. The van der Waals surface area contributed by atoms with E-state index in [9.17, 15) is 27.6 Å². The Kier molecular flexibility index (Phi) is 6.59. The fourth-order valence-electron chi connectivity index (χ4n) is 3.95. The molecule has 0 aliphatic carbocycles. The lowest BCUT2D eigenvalue weighted by atomic mass is 10.1. The van der Waals surface area contributed by atoms with Crippen molar-refractivity contribution >= 4 is 35.3 Å². The molecule has 0 N–H and O–H groups in total. The number of thioether (sulfide) groups is 1. The molecule has 174 valence electrons. The highest BCUT2D eigenvalue weighted by Crippen LogP contribution is 2.37. The van der Waals surface area contributed by atoms with Crippen LogP contribution < -0.4 is 4.90 Å². The number of pyridine rings is 1. The molecular weight excluding hydrogens is 457 g/mol. The van der Waals surface area contributed by atoms with Gasteiger partial charge in [-0.3, -0.25) is 14.6 Å². The molecule has 3 heterocycles. The lowest BCUT2D eigenvalue weighted by molar-refractivity contribution is -0.116. The van der Waals surface area contributed by atoms with Gasteiger partial charge in [-0.25, -0.2) is 9.69 Å². The van der Waals surface area contributed by atoms with Gasteiger partial charge in [0.05, 0.1) is 11.3 Å². The van der Waals surface area contributed by atoms with Crippen LogP contribution in [0.3, 0.4) is 0 Å². The number of amides is 4. The number of piperidine rings is 1. The maximum Gasteiger partial charge on any atom is 0.446 e. The van der Waals surface area contributed by atoms with Gasteiger partial charge in [0.1, 0.15) is 6.54 Å². The van der Waals surface area contributed by atoms with E-state index in [4.69, 9.17) is 0 Å². The van der Waals surface area contributed by atoms with E-state index in [1.807, 2.05) is 0 Å². The van der Waals surface area contributed by atoms with Gasteiger partial charge in [0.25, 0.3) is 11.8 Å². The lowest BCUT2D eigenvalue weighted by Crippen LogP contribution is -2.37. The molecule has 1 aromatic carbocycles. The Morgan fingerprint density at radius 2 is 1.73 bits per heavy atom. The second-order valence-corrected chi connectivity index (χ2v) is 8.93. The molecular formula is C22H21F3N4O3S. The van der Waals surface area contributed by atoms with Gasteiger partial charge in [-0.1, -0.05) is 0 Å². The topological polar surface area (TPSA) is 73.8 Å². The van der Waals surface area contributed by atoms with Crippen molar-refractivity contribution in [1.82, 2.24) is 14.8 Å². The first kappa shape index (κ1) is 23.1. The van der Waals surface area contributed by atoms with Crippen LogP contribution >= 0.6 is 11.8 Å². The van der Waals surface area contributed by atoms with Crippen LogP contribution in [0.25, 0.3) is 0 Å². The summed E-state index contributed by atoms with van der Waals surface area (Å²) in [6.07, 6.45) is 5.97. The number of likely N-dealkylation sites (tertiary alicyclic amines) is 1. The molecule has 2 aromatic rings. The SMILES string of the molecule is O=C(c1cnccc1CN1CC(=O)N(c2ccc(SC(F)(F)F)cc2)C1=O)N1CCCCC1. The second kappa shape index (κ2) is 9.42. The summed E-state index contributed by atoms with van der Waals surface area (Å²) in [6.45, 7) is 1.19. The lowest BCUT2D eigenvalue weighted by Gasteiger charge is -2.27. The molecule has 33 heavy (non-hydrogen) atoms. The third-order valence-corrected chi connectivity index (χ3v) is 6.25. The summed E-state index contributed by atoms with van der Waals surface area (Å²) in [5.41, 5.74) is -3.25. The second-order valence-electron chi connectivity index (χ2n) is 7.80. The van der Waals surface area contributed by atoms with Crippen LogP contribution in [0.2, 0.25) is 0 Å². The van der Waals surface area contributed by atoms with Crippen molar-refractivity contribution in [2.45, 2.75) is 36.2 Å². The van der Waals surface area contributed by atoms with Crippen LogP contribution in [0.1, 0.15) is 35.2 Å². The fourth-order valence-corrected chi connectivity index (χ4v) is 4.49. The number of carbonyl (C=O) groups is 3. The third-order valence-electron chi connectivity index (χ3n) is 5.51. The zero-order valence-electron chi connectivity index (χ0n) is 17.5. The van der Waals surface area contributed by atoms with Gasteiger partial charge in [-0.05, 0) is 66.9 Å². The Hall–Kier alpha value is -3.08. The highest BCUT2D eigenvalue weighted by molar-refractivity contribution is 8.00. The van der Waals surface area contributed by atoms with Crippen molar-refractivity contribution in [3.05, 3.63) is 53.9 Å². The van der Waals surface area contributed by atoms with Crippen molar-refractivity contribution in [2.75, 3.05) is 24.5 Å². The molecule has 1 aromatic heterocycles. The van der Waals surface area contributed by atoms with Gasteiger partial charge in [-0.2, -0.15) is 13.2 Å². The van der Waals surface area contributed by atoms with E-state index in [1.54, 1.807) is 11.0 Å². The highest BCUT2D eigenvalue weighted by Gasteiger charge is 2.38. The number of nitrogens with zero attached hydrogens (tertiary/aromatic N) is 4. The summed E-state index contributed by atoms with van der Waals surface area (Å²) in [6, 6.07) is 6.12. The van der Waals surface area contributed by atoms with Crippen molar-refractivity contribution < 1.29 is 27.6 Å². The number of urea groups is 1. The number of hydrogen-bond acceptors (Lipinski definition) is 5. The van der Waals surface area contributed by atoms with Gasteiger partial charge in [0.15, 0.2) is 0 Å². The number of carbonyl (C=O) groups excluding carboxylic acids is 3. The van der Waals surface area contributed by atoms with Crippen molar-refractivity contribution in [3.8, 4) is 0 Å². The number of rotatable bonds is 5. The van der Waals surface area contributed by atoms with Gasteiger partial charge in [-0.15, -0.1) is 0 Å². The van der Waals surface area contributed by atoms with E-state index >= 15 is 0 Å². The average molecular weight is 478 g/mol. The third kappa shape index (κ3) is 5.29. The first-order chi connectivity index (χ1) is 15.7. The molecule has 0 bridgehead atoms. The van der Waals surface area contributed by atoms with Gasteiger partial charge >= 0.3 is 11.5 Å². The summed E-state index contributed by atoms with van der Waals surface area (Å²) in [7, 11) is 0. The van der Waals surface area contributed by atoms with Crippen LogP contribution in [0.15, 0.2) is 47.6 Å². The number of halogens is 3. The zero-order valence-corrected chi connectivity index (χ0v) is 18.4. The van der Waals surface area contributed by atoms with Crippen LogP contribution in [-0.2, 0) is 11.3 Å². The maximum atomic E-state index is 13.0. The van der Waals surface area contributed by atoms with Gasteiger partial charge in [0.2, 0.25) is 0 Å². The number of hydrogen-bond donors (Lipinski definition) is 0. The summed E-state index contributed by atoms with van der Waals surface area (Å²) >= 11 is -0.269. The first-order valence-electron chi connectivity index (χ1n) is 10.4. The van der Waals surface area contributed by atoms with Gasteiger partial charge in [0, 0.05) is 36.9 Å². The molecule has 7 nitrogen and oxygen atoms in total. The monoisotopic (exact) mass is 478 g/mol. The van der Waals surface area contributed by atoms with Crippen molar-refractivity contribution in [1.29, 1.82) is 0 Å². The van der Waals surface area contributed by atoms with Crippen LogP contribution in [0.4, 0.5) is 23.7 Å². The quantitative estimate of drug-likeness (QED) is 0.474. The molecule has 0 saturated carbocycles.